The van der Waals surface area contributed by atoms with Gasteiger partial charge in [-0.3, -0.25) is 0 Å². The zero-order valence-electron chi connectivity index (χ0n) is 10.9. The molecule has 1 saturated heterocycles. The number of nitrogens with zero attached hydrogens (tertiary/aromatic N) is 2. The molecule has 1 aromatic heterocycles. The van der Waals surface area contributed by atoms with Crippen LogP contribution in [0.2, 0.25) is 0 Å². The molecule has 1 aliphatic rings. The lowest BCUT2D eigenvalue weighted by molar-refractivity contribution is -0.191. The molecule has 0 bridgehead atoms. The van der Waals surface area contributed by atoms with E-state index in [2.05, 4.69) is 15.5 Å². The van der Waals surface area contributed by atoms with Crippen molar-refractivity contribution in [2.24, 2.45) is 0 Å². The summed E-state index contributed by atoms with van der Waals surface area (Å²) in [5.41, 5.74) is -2.24. The highest BCUT2D eigenvalue weighted by molar-refractivity contribution is 7.90. The minimum atomic E-state index is -4.55. The molecule has 20 heavy (non-hydrogen) atoms. The summed E-state index contributed by atoms with van der Waals surface area (Å²) in [5, 5.41) is 4.90. The summed E-state index contributed by atoms with van der Waals surface area (Å²) >= 11 is 0. The fraction of sp³-hybridized carbons (Fsp3) is 0.800. The molecular formula is C10H14F3N3O3S. The molecule has 114 valence electrons. The average Bonchev–Trinajstić information content (AvgIpc) is 2.95. The summed E-state index contributed by atoms with van der Waals surface area (Å²) in [6, 6.07) is 0. The van der Waals surface area contributed by atoms with Crippen LogP contribution in [0.3, 0.4) is 0 Å². The molecule has 10 heteroatoms. The standard InChI is InChI=1S/C10H14F3N3O3S/c1-6(20(2,17)18)7-15-8(19-16-7)9(10(11,12)13)3-4-14-5-9/h6,14H,3-5H2,1-2H3. The number of sulfone groups is 1. The van der Waals surface area contributed by atoms with Crippen molar-refractivity contribution in [3.8, 4) is 0 Å². The van der Waals surface area contributed by atoms with Crippen molar-refractivity contribution >= 4 is 9.84 Å². The minimum Gasteiger partial charge on any atom is -0.338 e. The Kier molecular flexibility index (Phi) is 3.57. The summed E-state index contributed by atoms with van der Waals surface area (Å²) in [5.74, 6) is -0.835. The van der Waals surface area contributed by atoms with E-state index in [0.29, 0.717) is 0 Å². The molecule has 1 fully saturated rings. The number of hydrogen-bond donors (Lipinski definition) is 1. The Morgan fingerprint density at radius 3 is 2.55 bits per heavy atom. The molecule has 0 radical (unpaired) electrons. The van der Waals surface area contributed by atoms with Gasteiger partial charge in [0.25, 0.3) is 0 Å². The molecule has 0 aromatic carbocycles. The van der Waals surface area contributed by atoms with Crippen molar-refractivity contribution in [2.45, 2.75) is 30.2 Å². The van der Waals surface area contributed by atoms with Gasteiger partial charge in [0.15, 0.2) is 21.1 Å². The predicted molar refractivity (Wildman–Crippen MR) is 62.8 cm³/mol. The first-order valence-electron chi connectivity index (χ1n) is 5.88. The number of halogens is 3. The highest BCUT2D eigenvalue weighted by Crippen LogP contribution is 2.44. The number of rotatable bonds is 3. The van der Waals surface area contributed by atoms with Crippen LogP contribution in [0.5, 0.6) is 0 Å². The van der Waals surface area contributed by atoms with Crippen LogP contribution in [0.1, 0.15) is 30.3 Å². The number of hydrogen-bond acceptors (Lipinski definition) is 6. The quantitative estimate of drug-likeness (QED) is 0.895. The van der Waals surface area contributed by atoms with Crippen LogP contribution in [0, 0.1) is 0 Å². The second kappa shape index (κ2) is 4.69. The smallest absolute Gasteiger partial charge is 0.338 e. The largest absolute Gasteiger partial charge is 0.404 e. The number of nitrogens with one attached hydrogen (secondary N) is 1. The van der Waals surface area contributed by atoms with Gasteiger partial charge < -0.3 is 9.84 Å². The minimum absolute atomic E-state index is 0.179. The summed E-state index contributed by atoms with van der Waals surface area (Å²) in [6.45, 7) is 1.13. The monoisotopic (exact) mass is 313 g/mol. The van der Waals surface area contributed by atoms with Gasteiger partial charge in [-0.05, 0) is 19.9 Å². The Labute approximate surface area is 113 Å². The summed E-state index contributed by atoms with van der Waals surface area (Å²) in [7, 11) is -3.50. The highest BCUT2D eigenvalue weighted by atomic mass is 32.2. The van der Waals surface area contributed by atoms with Gasteiger partial charge in [-0.25, -0.2) is 8.42 Å². The van der Waals surface area contributed by atoms with E-state index in [0.717, 1.165) is 6.26 Å². The van der Waals surface area contributed by atoms with Gasteiger partial charge >= 0.3 is 6.18 Å². The third-order valence-electron chi connectivity index (χ3n) is 3.55. The van der Waals surface area contributed by atoms with Gasteiger partial charge in [-0.2, -0.15) is 18.2 Å². The highest BCUT2D eigenvalue weighted by Gasteiger charge is 2.61. The van der Waals surface area contributed by atoms with Crippen LogP contribution in [0.15, 0.2) is 4.52 Å². The third kappa shape index (κ3) is 2.41. The molecular weight excluding hydrogens is 299 g/mol. The van der Waals surface area contributed by atoms with E-state index in [1.807, 2.05) is 0 Å². The molecule has 0 saturated carbocycles. The van der Waals surface area contributed by atoms with Crippen LogP contribution in [0.4, 0.5) is 13.2 Å². The van der Waals surface area contributed by atoms with Crippen molar-refractivity contribution in [3.05, 3.63) is 11.7 Å². The van der Waals surface area contributed by atoms with Crippen molar-refractivity contribution in [3.63, 3.8) is 0 Å². The van der Waals surface area contributed by atoms with Crippen LogP contribution in [0.25, 0.3) is 0 Å². The summed E-state index contributed by atoms with van der Waals surface area (Å²) in [4.78, 5) is 3.68. The summed E-state index contributed by atoms with van der Waals surface area (Å²) < 4.78 is 67.3. The fourth-order valence-electron chi connectivity index (χ4n) is 2.02. The first-order valence-corrected chi connectivity index (χ1v) is 7.84. The van der Waals surface area contributed by atoms with Crippen molar-refractivity contribution < 1.29 is 26.1 Å². The Bertz CT molecular complexity index is 590. The number of aromatic nitrogens is 2. The second-order valence-electron chi connectivity index (χ2n) is 4.94. The molecule has 6 nitrogen and oxygen atoms in total. The molecule has 0 aliphatic carbocycles. The SMILES string of the molecule is CC(c1noc(C2(C(F)(F)F)CCNC2)n1)S(C)(=O)=O. The van der Waals surface area contributed by atoms with Crippen LogP contribution >= 0.6 is 0 Å². The zero-order valence-corrected chi connectivity index (χ0v) is 11.7. The van der Waals surface area contributed by atoms with E-state index in [4.69, 9.17) is 4.52 Å². The maximum absolute atomic E-state index is 13.3. The lowest BCUT2D eigenvalue weighted by atomic mass is 9.86. The third-order valence-corrected chi connectivity index (χ3v) is 5.05. The zero-order chi connectivity index (χ0) is 15.2. The van der Waals surface area contributed by atoms with Crippen LogP contribution < -0.4 is 5.32 Å². The number of alkyl halides is 3. The van der Waals surface area contributed by atoms with Crippen LogP contribution in [-0.2, 0) is 15.3 Å². The Morgan fingerprint density at radius 2 is 2.10 bits per heavy atom. The van der Waals surface area contributed by atoms with E-state index in [-0.39, 0.29) is 25.3 Å². The van der Waals surface area contributed by atoms with E-state index >= 15 is 0 Å². The molecule has 2 rings (SSSR count). The van der Waals surface area contributed by atoms with Crippen LogP contribution in [-0.4, -0.2) is 44.1 Å². The maximum atomic E-state index is 13.3. The van der Waals surface area contributed by atoms with Gasteiger partial charge in [-0.15, -0.1) is 0 Å². The molecule has 2 heterocycles. The van der Waals surface area contributed by atoms with E-state index in [9.17, 15) is 21.6 Å². The Hall–Kier alpha value is -1.16. The maximum Gasteiger partial charge on any atom is 0.404 e. The fourth-order valence-corrected chi connectivity index (χ4v) is 2.50. The van der Waals surface area contributed by atoms with Crippen molar-refractivity contribution in [1.29, 1.82) is 0 Å². The van der Waals surface area contributed by atoms with Crippen molar-refractivity contribution in [2.75, 3.05) is 19.3 Å². The topological polar surface area (TPSA) is 85.1 Å². The predicted octanol–water partition coefficient (Wildman–Crippen LogP) is 0.969. The molecule has 1 aliphatic heterocycles. The van der Waals surface area contributed by atoms with E-state index < -0.39 is 32.6 Å². The van der Waals surface area contributed by atoms with E-state index in [1.165, 1.54) is 6.92 Å². The van der Waals surface area contributed by atoms with E-state index in [1.54, 1.807) is 0 Å². The summed E-state index contributed by atoms with van der Waals surface area (Å²) in [6.07, 6.45) is -3.80. The first kappa shape index (κ1) is 15.2. The lowest BCUT2D eigenvalue weighted by Crippen LogP contribution is -2.44. The van der Waals surface area contributed by atoms with Gasteiger partial charge in [0.1, 0.15) is 5.25 Å². The average molecular weight is 313 g/mol. The van der Waals surface area contributed by atoms with Gasteiger partial charge in [0.05, 0.1) is 0 Å². The molecule has 1 N–H and O–H groups in total. The molecule has 2 unspecified atom stereocenters. The molecule has 0 spiro atoms. The lowest BCUT2D eigenvalue weighted by Gasteiger charge is -2.26. The Balaban J connectivity index is 2.41. The second-order valence-corrected chi connectivity index (χ2v) is 7.30. The van der Waals surface area contributed by atoms with Gasteiger partial charge in [0, 0.05) is 12.8 Å². The molecule has 0 amide bonds. The normalized spacial score (nSPS) is 25.9. The van der Waals surface area contributed by atoms with Gasteiger partial charge in [-0.1, -0.05) is 5.16 Å². The van der Waals surface area contributed by atoms with Crippen molar-refractivity contribution in [1.82, 2.24) is 15.5 Å². The Morgan fingerprint density at radius 1 is 1.45 bits per heavy atom. The first-order chi connectivity index (χ1) is 9.08. The molecule has 2 atom stereocenters. The van der Waals surface area contributed by atoms with Gasteiger partial charge in [0.2, 0.25) is 5.89 Å². The molecule has 1 aromatic rings.